The van der Waals surface area contributed by atoms with Crippen LogP contribution in [0.5, 0.6) is 5.75 Å². The molecule has 0 spiro atoms. The summed E-state index contributed by atoms with van der Waals surface area (Å²) in [4.78, 5) is 27.6. The summed E-state index contributed by atoms with van der Waals surface area (Å²) < 4.78 is 5.64. The van der Waals surface area contributed by atoms with Crippen molar-refractivity contribution in [3.05, 3.63) is 29.3 Å². The quantitative estimate of drug-likeness (QED) is 0.849. The molecule has 1 aromatic rings. The predicted octanol–water partition coefficient (Wildman–Crippen LogP) is 1.69. The van der Waals surface area contributed by atoms with Gasteiger partial charge in [-0.25, -0.2) is 0 Å². The number of aliphatic carboxylic acids is 1. The summed E-state index contributed by atoms with van der Waals surface area (Å²) in [6.07, 6.45) is 2.00. The maximum Gasteiger partial charge on any atom is 0.321 e. The van der Waals surface area contributed by atoms with Gasteiger partial charge in [0, 0.05) is 26.2 Å². The molecule has 2 fully saturated rings. The maximum absolute atomic E-state index is 12.4. The Bertz CT molecular complexity index is 629. The molecule has 1 saturated carbocycles. The minimum atomic E-state index is -0.736. The summed E-state index contributed by atoms with van der Waals surface area (Å²) in [5.74, 6) is 0.217. The molecule has 1 aromatic carbocycles. The van der Waals surface area contributed by atoms with Crippen molar-refractivity contribution in [2.45, 2.75) is 32.7 Å². The summed E-state index contributed by atoms with van der Waals surface area (Å²) in [5, 5.41) is 9.42. The van der Waals surface area contributed by atoms with Crippen molar-refractivity contribution in [2.24, 2.45) is 5.92 Å². The molecule has 1 N–H and O–H groups in total. The molecule has 0 bridgehead atoms. The number of aryl methyl sites for hydroxylation is 2. The summed E-state index contributed by atoms with van der Waals surface area (Å²) >= 11 is 0. The zero-order valence-corrected chi connectivity index (χ0v) is 14.9. The van der Waals surface area contributed by atoms with Gasteiger partial charge in [-0.15, -0.1) is 0 Å². The molecule has 6 heteroatoms. The third-order valence-electron chi connectivity index (χ3n) is 4.94. The van der Waals surface area contributed by atoms with Crippen LogP contribution >= 0.6 is 0 Å². The average Bonchev–Trinajstić information content (AvgIpc) is 3.37. The van der Waals surface area contributed by atoms with Gasteiger partial charge in [-0.2, -0.15) is 0 Å². The number of hydrogen-bond donors (Lipinski definition) is 1. The van der Waals surface area contributed by atoms with E-state index in [2.05, 4.69) is 6.07 Å². The number of amides is 1. The second-order valence-corrected chi connectivity index (χ2v) is 7.15. The molecule has 1 aliphatic heterocycles. The van der Waals surface area contributed by atoms with E-state index in [0.717, 1.165) is 24.0 Å². The number of benzene rings is 1. The molecule has 3 rings (SSSR count). The van der Waals surface area contributed by atoms with Crippen molar-refractivity contribution < 1.29 is 19.4 Å². The third kappa shape index (κ3) is 4.51. The second kappa shape index (κ2) is 7.44. The van der Waals surface area contributed by atoms with Gasteiger partial charge in [0.05, 0.1) is 0 Å². The third-order valence-corrected chi connectivity index (χ3v) is 4.94. The average molecular weight is 346 g/mol. The molecule has 1 aliphatic carbocycles. The highest BCUT2D eigenvalue weighted by atomic mass is 16.5. The van der Waals surface area contributed by atoms with Crippen molar-refractivity contribution in [1.82, 2.24) is 9.80 Å². The zero-order chi connectivity index (χ0) is 18.0. The number of piperazine rings is 1. The van der Waals surface area contributed by atoms with Crippen LogP contribution in [0.4, 0.5) is 0 Å². The number of rotatable bonds is 6. The Morgan fingerprint density at radius 2 is 1.72 bits per heavy atom. The van der Waals surface area contributed by atoms with Gasteiger partial charge in [-0.05, 0) is 55.9 Å². The van der Waals surface area contributed by atoms with E-state index >= 15 is 0 Å². The van der Waals surface area contributed by atoms with E-state index in [4.69, 9.17) is 4.74 Å². The fourth-order valence-corrected chi connectivity index (χ4v) is 3.57. The number of carbonyl (C=O) groups is 2. The lowest BCUT2D eigenvalue weighted by molar-refractivity contribution is -0.146. The van der Waals surface area contributed by atoms with Crippen molar-refractivity contribution in [3.8, 4) is 5.75 Å². The van der Waals surface area contributed by atoms with Crippen LogP contribution < -0.4 is 4.74 Å². The van der Waals surface area contributed by atoms with Gasteiger partial charge in [0.15, 0.2) is 6.61 Å². The van der Waals surface area contributed by atoms with Gasteiger partial charge < -0.3 is 14.7 Å². The number of carboxylic acids is 1. The Kier molecular flexibility index (Phi) is 5.27. The molecule has 25 heavy (non-hydrogen) atoms. The van der Waals surface area contributed by atoms with Crippen LogP contribution in [0.15, 0.2) is 18.2 Å². The highest BCUT2D eigenvalue weighted by Gasteiger charge is 2.41. The molecule has 136 valence electrons. The van der Waals surface area contributed by atoms with Crippen LogP contribution in [0.2, 0.25) is 0 Å². The minimum absolute atomic E-state index is 0.0217. The first-order chi connectivity index (χ1) is 11.9. The topological polar surface area (TPSA) is 70.1 Å². The van der Waals surface area contributed by atoms with E-state index in [9.17, 15) is 14.7 Å². The molecule has 2 aliphatic rings. The Labute approximate surface area is 148 Å². The van der Waals surface area contributed by atoms with E-state index in [0.29, 0.717) is 31.9 Å². The van der Waals surface area contributed by atoms with Crippen LogP contribution in [0.1, 0.15) is 24.0 Å². The molecule has 1 heterocycles. The molecule has 1 saturated heterocycles. The summed E-state index contributed by atoms with van der Waals surface area (Å²) in [6.45, 7) is 6.37. The second-order valence-electron chi connectivity index (χ2n) is 7.15. The van der Waals surface area contributed by atoms with Crippen molar-refractivity contribution in [1.29, 1.82) is 0 Å². The summed E-state index contributed by atoms with van der Waals surface area (Å²) in [6, 6.07) is 5.52. The molecule has 0 radical (unpaired) electrons. The van der Waals surface area contributed by atoms with E-state index in [1.807, 2.05) is 30.9 Å². The van der Waals surface area contributed by atoms with Gasteiger partial charge in [0.25, 0.3) is 5.91 Å². The molecular weight excluding hydrogens is 320 g/mol. The standard InChI is InChI=1S/C19H26N2O4/c1-13-9-14(2)11-16(10-13)25-12-17(22)20-5-7-21(8-6-20)18(19(23)24)15-3-4-15/h9-11,15,18H,3-8,12H2,1-2H3,(H,23,24). The maximum atomic E-state index is 12.4. The van der Waals surface area contributed by atoms with Gasteiger partial charge in [0.1, 0.15) is 11.8 Å². The number of ether oxygens (including phenoxy) is 1. The number of carboxylic acid groups (broad SMARTS) is 1. The zero-order valence-electron chi connectivity index (χ0n) is 14.9. The van der Waals surface area contributed by atoms with Crippen LogP contribution in [-0.2, 0) is 9.59 Å². The molecule has 6 nitrogen and oxygen atoms in total. The fourth-order valence-electron chi connectivity index (χ4n) is 3.57. The molecule has 0 aromatic heterocycles. The fraction of sp³-hybridized carbons (Fsp3) is 0.579. The largest absolute Gasteiger partial charge is 0.484 e. The Hall–Kier alpha value is -2.08. The van der Waals surface area contributed by atoms with E-state index < -0.39 is 5.97 Å². The summed E-state index contributed by atoms with van der Waals surface area (Å²) in [5.41, 5.74) is 2.21. The number of carbonyl (C=O) groups excluding carboxylic acids is 1. The van der Waals surface area contributed by atoms with Crippen LogP contribution in [0, 0.1) is 19.8 Å². The molecular formula is C19H26N2O4. The Balaban J connectivity index is 1.49. The number of nitrogens with zero attached hydrogens (tertiary/aromatic N) is 2. The SMILES string of the molecule is Cc1cc(C)cc(OCC(=O)N2CCN(C(C(=O)O)C3CC3)CC2)c1. The van der Waals surface area contributed by atoms with E-state index in [1.54, 1.807) is 4.90 Å². The first kappa shape index (κ1) is 17.7. The van der Waals surface area contributed by atoms with Gasteiger partial charge in [-0.3, -0.25) is 14.5 Å². The predicted molar refractivity (Wildman–Crippen MR) is 93.7 cm³/mol. The molecule has 1 atom stereocenters. The van der Waals surface area contributed by atoms with Crippen molar-refractivity contribution >= 4 is 11.9 Å². The van der Waals surface area contributed by atoms with Crippen LogP contribution in [-0.4, -0.2) is 65.6 Å². The lowest BCUT2D eigenvalue weighted by Gasteiger charge is -2.37. The van der Waals surface area contributed by atoms with Gasteiger partial charge in [0.2, 0.25) is 0 Å². The lowest BCUT2D eigenvalue weighted by atomic mass is 10.1. The minimum Gasteiger partial charge on any atom is -0.484 e. The first-order valence-corrected chi connectivity index (χ1v) is 8.90. The van der Waals surface area contributed by atoms with Crippen LogP contribution in [0.3, 0.4) is 0 Å². The smallest absolute Gasteiger partial charge is 0.321 e. The van der Waals surface area contributed by atoms with Crippen molar-refractivity contribution in [2.75, 3.05) is 32.8 Å². The highest BCUT2D eigenvalue weighted by molar-refractivity contribution is 5.78. The van der Waals surface area contributed by atoms with Crippen molar-refractivity contribution in [3.63, 3.8) is 0 Å². The van der Waals surface area contributed by atoms with E-state index in [-0.39, 0.29) is 24.5 Å². The first-order valence-electron chi connectivity index (χ1n) is 8.90. The van der Waals surface area contributed by atoms with Gasteiger partial charge >= 0.3 is 5.97 Å². The summed E-state index contributed by atoms with van der Waals surface area (Å²) in [7, 11) is 0. The Morgan fingerprint density at radius 3 is 2.24 bits per heavy atom. The monoisotopic (exact) mass is 346 g/mol. The Morgan fingerprint density at radius 1 is 1.12 bits per heavy atom. The highest BCUT2D eigenvalue weighted by Crippen LogP contribution is 2.35. The normalized spacial score (nSPS) is 19.5. The molecule has 1 amide bonds. The lowest BCUT2D eigenvalue weighted by Crippen LogP contribution is -2.55. The number of hydrogen-bond acceptors (Lipinski definition) is 4. The van der Waals surface area contributed by atoms with Crippen LogP contribution in [0.25, 0.3) is 0 Å². The van der Waals surface area contributed by atoms with E-state index in [1.165, 1.54) is 0 Å². The van der Waals surface area contributed by atoms with Gasteiger partial charge in [-0.1, -0.05) is 6.07 Å². The molecule has 1 unspecified atom stereocenters.